The molecule has 2 N–H and O–H groups in total. The number of rotatable bonds is 6. The van der Waals surface area contributed by atoms with Gasteiger partial charge in [0.15, 0.2) is 0 Å². The molecule has 0 fully saturated rings. The summed E-state index contributed by atoms with van der Waals surface area (Å²) in [6.45, 7) is 0. The smallest absolute Gasteiger partial charge is 0.322 e. The van der Waals surface area contributed by atoms with E-state index in [2.05, 4.69) is 27.6 Å². The zero-order valence-electron chi connectivity index (χ0n) is 17.4. The molecule has 0 aliphatic heterocycles. The molecule has 3 aromatic carbocycles. The highest BCUT2D eigenvalue weighted by molar-refractivity contribution is 6.05. The molecular weight excluding hydrogens is 431 g/mol. The summed E-state index contributed by atoms with van der Waals surface area (Å²) in [5.41, 5.74) is 1.19. The molecule has 0 aliphatic carbocycles. The van der Waals surface area contributed by atoms with Crippen LogP contribution in [0.15, 0.2) is 77.6 Å². The van der Waals surface area contributed by atoms with Gasteiger partial charge in [-0.2, -0.15) is 18.3 Å². The van der Waals surface area contributed by atoms with Gasteiger partial charge in [-0.05, 0) is 61.2 Å². The Hall–Kier alpha value is -3.94. The van der Waals surface area contributed by atoms with Crippen LogP contribution in [0.25, 0.3) is 10.8 Å². The van der Waals surface area contributed by atoms with Crippen LogP contribution < -0.4 is 10.9 Å². The van der Waals surface area contributed by atoms with Crippen molar-refractivity contribution in [3.05, 3.63) is 106 Å². The first-order valence-electron chi connectivity index (χ1n) is 10.3. The number of carbonyl (C=O) groups is 1. The molecule has 0 aliphatic rings. The molecule has 0 radical (unpaired) electrons. The number of benzene rings is 3. The maximum Gasteiger partial charge on any atom is 0.416 e. The van der Waals surface area contributed by atoms with Crippen molar-refractivity contribution >= 4 is 22.4 Å². The summed E-state index contributed by atoms with van der Waals surface area (Å²) in [7, 11) is 0. The number of H-pyrrole nitrogens is 1. The van der Waals surface area contributed by atoms with E-state index in [1.54, 1.807) is 18.2 Å². The fourth-order valence-electron chi connectivity index (χ4n) is 3.61. The van der Waals surface area contributed by atoms with Gasteiger partial charge in [0, 0.05) is 16.6 Å². The number of aromatic amines is 1. The van der Waals surface area contributed by atoms with Gasteiger partial charge < -0.3 is 5.32 Å². The van der Waals surface area contributed by atoms with Crippen molar-refractivity contribution in [1.29, 1.82) is 0 Å². The third-order valence-corrected chi connectivity index (χ3v) is 5.32. The Morgan fingerprint density at radius 3 is 2.33 bits per heavy atom. The highest BCUT2D eigenvalue weighted by Gasteiger charge is 2.30. The lowest BCUT2D eigenvalue weighted by Crippen LogP contribution is -2.15. The van der Waals surface area contributed by atoms with E-state index >= 15 is 0 Å². The second-order valence-corrected chi connectivity index (χ2v) is 7.63. The number of halogens is 3. The minimum absolute atomic E-state index is 0.0772. The van der Waals surface area contributed by atoms with Gasteiger partial charge in [-0.25, -0.2) is 5.10 Å². The number of amides is 1. The first-order chi connectivity index (χ1) is 15.8. The average Bonchev–Trinajstić information content (AvgIpc) is 2.81. The SMILES string of the molecule is O=C(Nc1ccc2c(CCCc3ccccc3)n[nH]c(=O)c2c1)c1ccc(C(F)(F)F)cc1. The molecule has 1 amide bonds. The lowest BCUT2D eigenvalue weighted by Gasteiger charge is -2.10. The Morgan fingerprint density at radius 2 is 1.64 bits per heavy atom. The van der Waals surface area contributed by atoms with Crippen molar-refractivity contribution < 1.29 is 18.0 Å². The molecule has 0 spiro atoms. The van der Waals surface area contributed by atoms with Crippen LogP contribution in [0, 0.1) is 0 Å². The topological polar surface area (TPSA) is 74.8 Å². The number of aromatic nitrogens is 2. The van der Waals surface area contributed by atoms with Crippen LogP contribution in [0.3, 0.4) is 0 Å². The largest absolute Gasteiger partial charge is 0.416 e. The van der Waals surface area contributed by atoms with E-state index in [1.165, 1.54) is 5.56 Å². The summed E-state index contributed by atoms with van der Waals surface area (Å²) in [4.78, 5) is 24.8. The normalized spacial score (nSPS) is 11.5. The van der Waals surface area contributed by atoms with Gasteiger partial charge in [0.25, 0.3) is 11.5 Å². The fraction of sp³-hybridized carbons (Fsp3) is 0.160. The van der Waals surface area contributed by atoms with E-state index in [0.29, 0.717) is 22.9 Å². The van der Waals surface area contributed by atoms with E-state index in [4.69, 9.17) is 0 Å². The van der Waals surface area contributed by atoms with Gasteiger partial charge >= 0.3 is 6.18 Å². The monoisotopic (exact) mass is 451 g/mol. The Balaban J connectivity index is 1.50. The van der Waals surface area contributed by atoms with Crippen molar-refractivity contribution in [2.45, 2.75) is 25.4 Å². The maximum absolute atomic E-state index is 12.7. The van der Waals surface area contributed by atoms with Crippen molar-refractivity contribution in [3.8, 4) is 0 Å². The molecule has 8 heteroatoms. The zero-order valence-corrected chi connectivity index (χ0v) is 17.4. The van der Waals surface area contributed by atoms with E-state index < -0.39 is 17.6 Å². The molecular formula is C25H20F3N3O2. The molecule has 5 nitrogen and oxygen atoms in total. The minimum Gasteiger partial charge on any atom is -0.322 e. The minimum atomic E-state index is -4.47. The first kappa shape index (κ1) is 22.3. The molecule has 168 valence electrons. The van der Waals surface area contributed by atoms with Crippen LogP contribution in [0.5, 0.6) is 0 Å². The quantitative estimate of drug-likeness (QED) is 0.414. The number of nitrogens with zero attached hydrogens (tertiary/aromatic N) is 1. The Bertz CT molecular complexity index is 1330. The van der Waals surface area contributed by atoms with Crippen molar-refractivity contribution in [1.82, 2.24) is 10.2 Å². The Kier molecular flexibility index (Phi) is 6.26. The number of alkyl halides is 3. The predicted molar refractivity (Wildman–Crippen MR) is 120 cm³/mol. The molecule has 1 aromatic heterocycles. The van der Waals surface area contributed by atoms with Gasteiger partial charge in [0.2, 0.25) is 0 Å². The van der Waals surface area contributed by atoms with Crippen LogP contribution >= 0.6 is 0 Å². The lowest BCUT2D eigenvalue weighted by atomic mass is 10.0. The second kappa shape index (κ2) is 9.28. The summed E-state index contributed by atoms with van der Waals surface area (Å²) in [6, 6.07) is 18.9. The fourth-order valence-corrected chi connectivity index (χ4v) is 3.61. The third kappa shape index (κ3) is 5.28. The third-order valence-electron chi connectivity index (χ3n) is 5.32. The molecule has 0 unspecified atom stereocenters. The standard InChI is InChI=1S/C25H20F3N3O2/c26-25(27,28)18-11-9-17(10-12-18)23(32)29-19-13-14-20-21(15-19)24(33)31-30-22(20)8-4-7-16-5-2-1-3-6-16/h1-3,5-6,9-15H,4,7-8H2,(H,29,32)(H,31,33). The number of hydrogen-bond acceptors (Lipinski definition) is 3. The van der Waals surface area contributed by atoms with Crippen LogP contribution in [0.2, 0.25) is 0 Å². The number of nitrogens with one attached hydrogen (secondary N) is 2. The summed E-state index contributed by atoms with van der Waals surface area (Å²) in [5.74, 6) is -0.573. The summed E-state index contributed by atoms with van der Waals surface area (Å²) in [6.07, 6.45) is -2.07. The molecule has 4 aromatic rings. The maximum atomic E-state index is 12.7. The Labute approximate surface area is 187 Å². The molecule has 33 heavy (non-hydrogen) atoms. The van der Waals surface area contributed by atoms with Crippen molar-refractivity contribution in [3.63, 3.8) is 0 Å². The van der Waals surface area contributed by atoms with E-state index in [0.717, 1.165) is 42.8 Å². The van der Waals surface area contributed by atoms with Crippen molar-refractivity contribution in [2.24, 2.45) is 0 Å². The molecule has 0 bridgehead atoms. The molecule has 0 saturated carbocycles. The van der Waals surface area contributed by atoms with Gasteiger partial charge in [0.1, 0.15) is 0 Å². The van der Waals surface area contributed by atoms with Crippen LogP contribution in [0.1, 0.15) is 33.6 Å². The van der Waals surface area contributed by atoms with E-state index in [1.807, 2.05) is 18.2 Å². The molecule has 0 atom stereocenters. The number of hydrogen-bond donors (Lipinski definition) is 2. The summed E-state index contributed by atoms with van der Waals surface area (Å²) >= 11 is 0. The summed E-state index contributed by atoms with van der Waals surface area (Å²) in [5, 5.41) is 10.4. The van der Waals surface area contributed by atoms with Gasteiger partial charge in [-0.1, -0.05) is 36.4 Å². The van der Waals surface area contributed by atoms with Crippen LogP contribution in [-0.4, -0.2) is 16.1 Å². The van der Waals surface area contributed by atoms with Crippen molar-refractivity contribution in [2.75, 3.05) is 5.32 Å². The number of aryl methyl sites for hydroxylation is 2. The number of anilines is 1. The molecule has 0 saturated heterocycles. The van der Waals surface area contributed by atoms with E-state index in [9.17, 15) is 22.8 Å². The van der Waals surface area contributed by atoms with Crippen LogP contribution in [-0.2, 0) is 19.0 Å². The van der Waals surface area contributed by atoms with Gasteiger partial charge in [-0.3, -0.25) is 9.59 Å². The predicted octanol–water partition coefficient (Wildman–Crippen LogP) is 5.37. The summed E-state index contributed by atoms with van der Waals surface area (Å²) < 4.78 is 38.1. The second-order valence-electron chi connectivity index (χ2n) is 7.63. The number of carbonyl (C=O) groups excluding carboxylic acids is 1. The van der Waals surface area contributed by atoms with Gasteiger partial charge in [-0.15, -0.1) is 0 Å². The highest BCUT2D eigenvalue weighted by Crippen LogP contribution is 2.29. The van der Waals surface area contributed by atoms with Gasteiger partial charge in [0.05, 0.1) is 16.6 Å². The molecule has 1 heterocycles. The van der Waals surface area contributed by atoms with Crippen LogP contribution in [0.4, 0.5) is 18.9 Å². The average molecular weight is 451 g/mol. The number of fused-ring (bicyclic) bond motifs is 1. The highest BCUT2D eigenvalue weighted by atomic mass is 19.4. The Morgan fingerprint density at radius 1 is 0.909 bits per heavy atom. The lowest BCUT2D eigenvalue weighted by molar-refractivity contribution is -0.137. The van der Waals surface area contributed by atoms with E-state index in [-0.39, 0.29) is 11.1 Å². The molecule has 4 rings (SSSR count). The zero-order chi connectivity index (χ0) is 23.4. The first-order valence-corrected chi connectivity index (χ1v) is 10.3.